The zero-order valence-electron chi connectivity index (χ0n) is 18.6. The number of nitrogens with two attached hydrogens (primary N) is 1. The molecule has 1 atom stereocenters. The van der Waals surface area contributed by atoms with E-state index in [9.17, 15) is 20.2 Å². The lowest BCUT2D eigenvalue weighted by atomic mass is 9.83. The number of nitro groups is 1. The molecule has 38 heavy (non-hydrogen) atoms. The molecule has 9 nitrogen and oxygen atoms in total. The first-order valence-electron chi connectivity index (χ1n) is 10.3. The zero-order chi connectivity index (χ0) is 27.7. The average molecular weight is 616 g/mol. The van der Waals surface area contributed by atoms with Crippen LogP contribution in [0, 0.1) is 21.4 Å². The average Bonchev–Trinajstić information content (AvgIpc) is 2.90. The Balaban J connectivity index is 1.56. The van der Waals surface area contributed by atoms with Crippen LogP contribution in [0.4, 0.5) is 5.69 Å². The van der Waals surface area contributed by atoms with Crippen molar-refractivity contribution < 1.29 is 23.9 Å². The second-order valence-corrected chi connectivity index (χ2v) is 9.52. The van der Waals surface area contributed by atoms with Gasteiger partial charge in [-0.2, -0.15) is 5.26 Å². The number of nitrogens with zero attached hydrogens (tertiary/aromatic N) is 2. The first-order chi connectivity index (χ1) is 18.0. The van der Waals surface area contributed by atoms with Crippen LogP contribution < -0.4 is 19.9 Å². The molecule has 4 rings (SSSR count). The second-order valence-electron chi connectivity index (χ2n) is 7.63. The van der Waals surface area contributed by atoms with Gasteiger partial charge in [-0.1, -0.05) is 76.2 Å². The molecule has 1 aliphatic heterocycles. The number of non-ortho nitro benzene ring substituents is 1. The molecule has 1 unspecified atom stereocenters. The summed E-state index contributed by atoms with van der Waals surface area (Å²) in [5.74, 6) is -1.50. The van der Waals surface area contributed by atoms with Gasteiger partial charge in [0.25, 0.3) is 5.69 Å². The SMILES string of the molecule is N#CC1=C(N)Oc2cc(OC(=O)COc3c(Cl)c(Cl)c(Cl)c(Cl)c3Cl)ccc2C1c1ccc([N+](=O)[O-])cc1. The molecule has 194 valence electrons. The third-order valence-corrected chi connectivity index (χ3v) is 7.61. The van der Waals surface area contributed by atoms with E-state index in [0.717, 1.165) is 0 Å². The van der Waals surface area contributed by atoms with Gasteiger partial charge in [-0.3, -0.25) is 10.1 Å². The van der Waals surface area contributed by atoms with Crippen molar-refractivity contribution in [2.75, 3.05) is 6.61 Å². The summed E-state index contributed by atoms with van der Waals surface area (Å²) in [6, 6.07) is 12.2. The number of hydrogen-bond donors (Lipinski definition) is 1. The summed E-state index contributed by atoms with van der Waals surface area (Å²) in [5, 5.41) is 20.2. The fraction of sp³-hybridized carbons (Fsp3) is 0.0833. The summed E-state index contributed by atoms with van der Waals surface area (Å²) in [6.45, 7) is -0.613. The third kappa shape index (κ3) is 5.27. The van der Waals surface area contributed by atoms with Gasteiger partial charge in [0.1, 0.15) is 33.2 Å². The van der Waals surface area contributed by atoms with Crippen molar-refractivity contribution in [3.05, 3.63) is 100 Å². The summed E-state index contributed by atoms with van der Waals surface area (Å²) < 4.78 is 16.3. The topological polar surface area (TPSA) is 138 Å². The van der Waals surface area contributed by atoms with Gasteiger partial charge in [0, 0.05) is 23.8 Å². The molecule has 0 aromatic heterocycles. The molecule has 1 aliphatic rings. The maximum Gasteiger partial charge on any atom is 0.349 e. The number of hydrogen-bond acceptors (Lipinski definition) is 8. The van der Waals surface area contributed by atoms with Crippen LogP contribution >= 0.6 is 58.0 Å². The minimum atomic E-state index is -0.830. The molecule has 0 saturated heterocycles. The van der Waals surface area contributed by atoms with E-state index >= 15 is 0 Å². The molecule has 0 amide bonds. The van der Waals surface area contributed by atoms with Crippen LogP contribution in [0.25, 0.3) is 0 Å². The molecule has 3 aromatic rings. The lowest BCUT2D eigenvalue weighted by molar-refractivity contribution is -0.384. The number of ether oxygens (including phenoxy) is 3. The first kappa shape index (κ1) is 27.6. The number of esters is 1. The smallest absolute Gasteiger partial charge is 0.349 e. The highest BCUT2D eigenvalue weighted by Gasteiger charge is 2.31. The van der Waals surface area contributed by atoms with Gasteiger partial charge >= 0.3 is 5.97 Å². The van der Waals surface area contributed by atoms with Crippen molar-refractivity contribution in [1.29, 1.82) is 5.26 Å². The van der Waals surface area contributed by atoms with Gasteiger partial charge in [0.05, 0.1) is 25.9 Å². The lowest BCUT2D eigenvalue weighted by Gasteiger charge is -2.26. The van der Waals surface area contributed by atoms with E-state index in [0.29, 0.717) is 11.1 Å². The highest BCUT2D eigenvalue weighted by molar-refractivity contribution is 6.55. The van der Waals surface area contributed by atoms with Crippen molar-refractivity contribution in [2.45, 2.75) is 5.92 Å². The number of nitriles is 1. The number of carbonyl (C=O) groups excluding carboxylic acids is 1. The first-order valence-corrected chi connectivity index (χ1v) is 12.2. The van der Waals surface area contributed by atoms with Crippen LogP contribution in [-0.2, 0) is 4.79 Å². The second kappa shape index (κ2) is 11.2. The standard InChI is InChI=1S/C24H12Cl5N3O6/c25-18-19(26)21(28)23(22(29)20(18)27)36-9-16(33)37-12-5-6-13-15(7-12)38-24(31)14(8-30)17(13)10-1-3-11(4-2-10)32(34)35/h1-7,17H,9,31H2. The van der Waals surface area contributed by atoms with Gasteiger partial charge in [0.15, 0.2) is 12.4 Å². The highest BCUT2D eigenvalue weighted by atomic mass is 35.5. The molecule has 0 aliphatic carbocycles. The minimum Gasteiger partial charge on any atom is -0.479 e. The maximum absolute atomic E-state index is 12.5. The quantitative estimate of drug-likeness (QED) is 0.0777. The maximum atomic E-state index is 12.5. The number of halogens is 5. The van der Waals surface area contributed by atoms with E-state index in [-0.39, 0.29) is 59.5 Å². The number of allylic oxidation sites excluding steroid dienone is 1. The molecular weight excluding hydrogens is 604 g/mol. The zero-order valence-corrected chi connectivity index (χ0v) is 22.4. The van der Waals surface area contributed by atoms with Gasteiger partial charge in [0.2, 0.25) is 5.88 Å². The van der Waals surface area contributed by atoms with Crippen molar-refractivity contribution in [3.63, 3.8) is 0 Å². The predicted octanol–water partition coefficient (Wildman–Crippen LogP) is 7.06. The van der Waals surface area contributed by atoms with Crippen LogP contribution in [0.5, 0.6) is 17.2 Å². The summed E-state index contributed by atoms with van der Waals surface area (Å²) in [7, 11) is 0. The van der Waals surface area contributed by atoms with Crippen molar-refractivity contribution in [3.8, 4) is 23.3 Å². The van der Waals surface area contributed by atoms with Crippen LogP contribution in [0.3, 0.4) is 0 Å². The number of rotatable bonds is 6. The summed E-state index contributed by atoms with van der Waals surface area (Å²) in [5.41, 5.74) is 7.11. The number of carbonyl (C=O) groups is 1. The largest absolute Gasteiger partial charge is 0.479 e. The fourth-order valence-electron chi connectivity index (χ4n) is 3.63. The van der Waals surface area contributed by atoms with Crippen LogP contribution in [0.15, 0.2) is 53.9 Å². The van der Waals surface area contributed by atoms with Gasteiger partial charge in [-0.05, 0) is 11.6 Å². The number of fused-ring (bicyclic) bond motifs is 1. The highest BCUT2D eigenvalue weighted by Crippen LogP contribution is 2.48. The summed E-state index contributed by atoms with van der Waals surface area (Å²) >= 11 is 30.1. The van der Waals surface area contributed by atoms with E-state index in [2.05, 4.69) is 0 Å². The Bertz CT molecular complexity index is 1520. The fourth-order valence-corrected chi connectivity index (χ4v) is 4.86. The lowest BCUT2D eigenvalue weighted by Crippen LogP contribution is -2.21. The van der Waals surface area contributed by atoms with Gasteiger partial charge in [-0.25, -0.2) is 4.79 Å². The van der Waals surface area contributed by atoms with Crippen LogP contribution in [0.2, 0.25) is 25.1 Å². The number of benzene rings is 3. The molecule has 0 radical (unpaired) electrons. The summed E-state index contributed by atoms with van der Waals surface area (Å²) in [4.78, 5) is 22.9. The molecule has 0 bridgehead atoms. The van der Waals surface area contributed by atoms with E-state index in [4.69, 9.17) is 77.9 Å². The molecule has 0 saturated carbocycles. The summed E-state index contributed by atoms with van der Waals surface area (Å²) in [6.07, 6.45) is 0. The van der Waals surface area contributed by atoms with E-state index < -0.39 is 23.4 Å². The molecular formula is C24H12Cl5N3O6. The Labute approximate surface area is 239 Å². The molecule has 0 fully saturated rings. The monoisotopic (exact) mass is 613 g/mol. The molecule has 0 spiro atoms. The van der Waals surface area contributed by atoms with E-state index in [1.54, 1.807) is 6.07 Å². The predicted molar refractivity (Wildman–Crippen MR) is 141 cm³/mol. The molecule has 2 N–H and O–H groups in total. The van der Waals surface area contributed by atoms with Crippen LogP contribution in [0.1, 0.15) is 17.0 Å². The van der Waals surface area contributed by atoms with Gasteiger partial charge < -0.3 is 19.9 Å². The Hall–Kier alpha value is -3.39. The molecule has 1 heterocycles. The Morgan fingerprint density at radius 2 is 1.63 bits per heavy atom. The Morgan fingerprint density at radius 1 is 1.03 bits per heavy atom. The van der Waals surface area contributed by atoms with Crippen molar-refractivity contribution in [1.82, 2.24) is 0 Å². The Morgan fingerprint density at radius 3 is 2.21 bits per heavy atom. The van der Waals surface area contributed by atoms with E-state index in [1.165, 1.54) is 36.4 Å². The Kier molecular flexibility index (Phi) is 8.11. The van der Waals surface area contributed by atoms with Crippen molar-refractivity contribution >= 4 is 69.7 Å². The van der Waals surface area contributed by atoms with Crippen LogP contribution in [-0.4, -0.2) is 17.5 Å². The van der Waals surface area contributed by atoms with Gasteiger partial charge in [-0.15, -0.1) is 0 Å². The van der Waals surface area contributed by atoms with E-state index in [1.807, 2.05) is 6.07 Å². The third-order valence-electron chi connectivity index (χ3n) is 5.36. The molecule has 3 aromatic carbocycles. The molecule has 14 heteroatoms. The normalized spacial score (nSPS) is 14.3. The van der Waals surface area contributed by atoms with Crippen molar-refractivity contribution in [2.24, 2.45) is 5.73 Å². The minimum absolute atomic E-state index is 0.0628. The number of nitro benzene ring substituents is 1.